The van der Waals surface area contributed by atoms with Crippen LogP contribution in [0.4, 0.5) is 4.39 Å². The van der Waals surface area contributed by atoms with Crippen LogP contribution in [-0.4, -0.2) is 41.0 Å². The molecular formula is C13H23FN2O2. The van der Waals surface area contributed by atoms with Crippen LogP contribution in [0.15, 0.2) is 0 Å². The zero-order chi connectivity index (χ0) is 14.0. The summed E-state index contributed by atoms with van der Waals surface area (Å²) in [4.78, 5) is 26.3. The number of rotatable bonds is 5. The van der Waals surface area contributed by atoms with Crippen molar-refractivity contribution < 1.29 is 14.0 Å². The molecule has 0 aliphatic carbocycles. The van der Waals surface area contributed by atoms with Gasteiger partial charge in [0.15, 0.2) is 0 Å². The average Bonchev–Trinajstić information content (AvgIpc) is 2.34. The van der Waals surface area contributed by atoms with Gasteiger partial charge in [0.2, 0.25) is 11.8 Å². The molecule has 1 rings (SSSR count). The zero-order valence-corrected chi connectivity index (χ0v) is 11.7. The predicted molar refractivity (Wildman–Crippen MR) is 67.8 cm³/mol. The molecule has 0 saturated carbocycles. The van der Waals surface area contributed by atoms with Crippen molar-refractivity contribution in [1.82, 2.24) is 10.2 Å². The fraction of sp³-hybridized carbons (Fsp3) is 0.846. The van der Waals surface area contributed by atoms with E-state index in [1.165, 1.54) is 4.90 Å². The number of alkyl halides is 1. The van der Waals surface area contributed by atoms with Gasteiger partial charge in [-0.1, -0.05) is 13.8 Å². The molecule has 1 aliphatic heterocycles. The summed E-state index contributed by atoms with van der Waals surface area (Å²) in [6, 6.07) is 0. The van der Waals surface area contributed by atoms with Gasteiger partial charge in [0.05, 0.1) is 6.67 Å². The zero-order valence-electron chi connectivity index (χ0n) is 11.7. The summed E-state index contributed by atoms with van der Waals surface area (Å²) in [7, 11) is 0. The third-order valence-corrected chi connectivity index (χ3v) is 3.96. The summed E-state index contributed by atoms with van der Waals surface area (Å²) in [6.45, 7) is 6.98. The van der Waals surface area contributed by atoms with E-state index in [0.29, 0.717) is 12.8 Å². The molecule has 0 bridgehead atoms. The van der Waals surface area contributed by atoms with E-state index in [-0.39, 0.29) is 24.8 Å². The lowest BCUT2D eigenvalue weighted by molar-refractivity contribution is -0.161. The first-order valence-electron chi connectivity index (χ1n) is 6.56. The Morgan fingerprint density at radius 2 is 1.78 bits per heavy atom. The summed E-state index contributed by atoms with van der Waals surface area (Å²) in [6.07, 6.45) is 1.37. The van der Waals surface area contributed by atoms with Gasteiger partial charge in [-0.2, -0.15) is 0 Å². The van der Waals surface area contributed by atoms with E-state index in [0.717, 1.165) is 0 Å². The van der Waals surface area contributed by atoms with Crippen LogP contribution in [0, 0.1) is 0 Å². The molecule has 1 heterocycles. The summed E-state index contributed by atoms with van der Waals surface area (Å²) in [5.74, 6) is -0.254. The number of halogens is 1. The lowest BCUT2D eigenvalue weighted by atomic mass is 9.83. The van der Waals surface area contributed by atoms with E-state index in [2.05, 4.69) is 5.32 Å². The van der Waals surface area contributed by atoms with Crippen molar-refractivity contribution in [2.24, 2.45) is 0 Å². The van der Waals surface area contributed by atoms with Crippen LogP contribution in [0.1, 0.15) is 47.0 Å². The van der Waals surface area contributed by atoms with Gasteiger partial charge in [-0.15, -0.1) is 0 Å². The molecule has 1 fully saturated rings. The number of hydrogen-bond donors (Lipinski definition) is 1. The second-order valence-corrected chi connectivity index (χ2v) is 5.30. The van der Waals surface area contributed by atoms with Crippen LogP contribution >= 0.6 is 0 Å². The molecule has 2 amide bonds. The summed E-state index contributed by atoms with van der Waals surface area (Å²) in [5.41, 5.74) is -1.72. The van der Waals surface area contributed by atoms with Crippen LogP contribution in [0.3, 0.4) is 0 Å². The molecule has 1 aliphatic rings. The van der Waals surface area contributed by atoms with Gasteiger partial charge in [-0.05, 0) is 33.1 Å². The highest BCUT2D eigenvalue weighted by Crippen LogP contribution is 2.30. The predicted octanol–water partition coefficient (Wildman–Crippen LogP) is 1.64. The Balaban J connectivity index is 3.08. The quantitative estimate of drug-likeness (QED) is 0.815. The van der Waals surface area contributed by atoms with E-state index in [1.807, 2.05) is 13.8 Å². The Hall–Kier alpha value is -1.13. The second kappa shape index (κ2) is 5.24. The molecule has 0 aromatic rings. The summed E-state index contributed by atoms with van der Waals surface area (Å²) >= 11 is 0. The number of carbonyl (C=O) groups is 2. The SMILES string of the molecule is CCC1(CC)NC(=O)C(C)(C)N(CCCF)C1=O. The van der Waals surface area contributed by atoms with Crippen molar-refractivity contribution >= 4 is 11.8 Å². The first-order chi connectivity index (χ1) is 8.35. The molecule has 0 unspecified atom stereocenters. The van der Waals surface area contributed by atoms with Gasteiger partial charge >= 0.3 is 0 Å². The molecule has 1 N–H and O–H groups in total. The molecule has 0 spiro atoms. The molecule has 0 atom stereocenters. The van der Waals surface area contributed by atoms with E-state index in [4.69, 9.17) is 0 Å². The molecular weight excluding hydrogens is 235 g/mol. The van der Waals surface area contributed by atoms with Gasteiger partial charge in [0.1, 0.15) is 11.1 Å². The van der Waals surface area contributed by atoms with Crippen molar-refractivity contribution in [2.75, 3.05) is 13.2 Å². The number of carbonyl (C=O) groups excluding carboxylic acids is 2. The first-order valence-corrected chi connectivity index (χ1v) is 6.56. The maximum absolute atomic E-state index is 12.6. The van der Waals surface area contributed by atoms with E-state index < -0.39 is 17.8 Å². The topological polar surface area (TPSA) is 49.4 Å². The van der Waals surface area contributed by atoms with Gasteiger partial charge in [-0.25, -0.2) is 0 Å². The number of hydrogen-bond acceptors (Lipinski definition) is 2. The third-order valence-electron chi connectivity index (χ3n) is 3.96. The Kier molecular flexibility index (Phi) is 4.35. The summed E-state index contributed by atoms with van der Waals surface area (Å²) < 4.78 is 12.3. The van der Waals surface area contributed by atoms with Crippen molar-refractivity contribution in [3.8, 4) is 0 Å². The van der Waals surface area contributed by atoms with Gasteiger partial charge in [0.25, 0.3) is 0 Å². The molecule has 0 aromatic heterocycles. The molecule has 18 heavy (non-hydrogen) atoms. The lowest BCUT2D eigenvalue weighted by Crippen LogP contribution is -2.73. The lowest BCUT2D eigenvalue weighted by Gasteiger charge is -2.49. The molecule has 0 radical (unpaired) electrons. The molecule has 5 heteroatoms. The molecule has 0 aromatic carbocycles. The average molecular weight is 258 g/mol. The smallest absolute Gasteiger partial charge is 0.249 e. The van der Waals surface area contributed by atoms with Crippen molar-refractivity contribution in [3.05, 3.63) is 0 Å². The molecule has 1 saturated heterocycles. The van der Waals surface area contributed by atoms with Crippen LogP contribution in [0.2, 0.25) is 0 Å². The van der Waals surface area contributed by atoms with E-state index in [9.17, 15) is 14.0 Å². The van der Waals surface area contributed by atoms with Gasteiger partial charge in [0, 0.05) is 6.54 Å². The van der Waals surface area contributed by atoms with Crippen molar-refractivity contribution in [3.63, 3.8) is 0 Å². The molecule has 104 valence electrons. The Morgan fingerprint density at radius 3 is 2.22 bits per heavy atom. The number of piperazine rings is 1. The van der Waals surface area contributed by atoms with E-state index in [1.54, 1.807) is 13.8 Å². The highest BCUT2D eigenvalue weighted by Gasteiger charge is 2.52. The third kappa shape index (κ3) is 2.22. The highest BCUT2D eigenvalue weighted by atomic mass is 19.1. The monoisotopic (exact) mass is 258 g/mol. The standard InChI is InChI=1S/C13H23FN2O2/c1-5-13(6-2)11(18)16(9-7-8-14)12(3,4)10(17)15-13/h5-9H2,1-4H3,(H,15,17). The minimum Gasteiger partial charge on any atom is -0.340 e. The highest BCUT2D eigenvalue weighted by molar-refractivity contribution is 6.01. The van der Waals surface area contributed by atoms with Crippen LogP contribution in [-0.2, 0) is 9.59 Å². The normalized spacial score (nSPS) is 21.9. The van der Waals surface area contributed by atoms with Crippen LogP contribution in [0.5, 0.6) is 0 Å². The van der Waals surface area contributed by atoms with Crippen LogP contribution < -0.4 is 5.32 Å². The maximum atomic E-state index is 12.6. The second-order valence-electron chi connectivity index (χ2n) is 5.30. The fourth-order valence-electron chi connectivity index (χ4n) is 2.39. The number of nitrogens with one attached hydrogen (secondary N) is 1. The summed E-state index contributed by atoms with van der Waals surface area (Å²) in [5, 5.41) is 2.85. The largest absolute Gasteiger partial charge is 0.340 e. The van der Waals surface area contributed by atoms with Crippen LogP contribution in [0.25, 0.3) is 0 Å². The minimum atomic E-state index is -0.903. The van der Waals surface area contributed by atoms with E-state index >= 15 is 0 Å². The number of amides is 2. The Labute approximate surface area is 108 Å². The Bertz CT molecular complexity index is 338. The van der Waals surface area contributed by atoms with Crippen molar-refractivity contribution in [1.29, 1.82) is 0 Å². The van der Waals surface area contributed by atoms with Gasteiger partial charge in [-0.3, -0.25) is 14.0 Å². The van der Waals surface area contributed by atoms with Crippen molar-refractivity contribution in [2.45, 2.75) is 58.0 Å². The maximum Gasteiger partial charge on any atom is 0.249 e. The minimum absolute atomic E-state index is 0.0921. The molecule has 4 nitrogen and oxygen atoms in total. The van der Waals surface area contributed by atoms with Gasteiger partial charge < -0.3 is 10.2 Å². The Morgan fingerprint density at radius 1 is 1.22 bits per heavy atom. The first kappa shape index (κ1) is 14.9. The number of nitrogens with zero attached hydrogens (tertiary/aromatic N) is 1. The fourth-order valence-corrected chi connectivity index (χ4v) is 2.39.